The summed E-state index contributed by atoms with van der Waals surface area (Å²) in [7, 11) is 0. The molecule has 0 unspecified atom stereocenters. The molecule has 66 valence electrons. The minimum atomic E-state index is -0.214. The van der Waals surface area contributed by atoms with Crippen molar-refractivity contribution in [3.05, 3.63) is 21.9 Å². The number of carbonyl (C=O) groups is 1. The molecule has 0 spiro atoms. The Morgan fingerprint density at radius 3 is 3.08 bits per heavy atom. The Bertz CT molecular complexity index is 270. The van der Waals surface area contributed by atoms with Crippen molar-refractivity contribution in [2.75, 3.05) is 0 Å². The number of hydrogen-bond acceptors (Lipinski definition) is 3. The first-order valence-electron chi connectivity index (χ1n) is 3.86. The summed E-state index contributed by atoms with van der Waals surface area (Å²) < 4.78 is 0. The van der Waals surface area contributed by atoms with Crippen molar-refractivity contribution in [1.82, 2.24) is 5.43 Å². The number of amides is 1. The van der Waals surface area contributed by atoms with E-state index >= 15 is 0 Å². The first kappa shape index (κ1) is 9.22. The van der Waals surface area contributed by atoms with Crippen LogP contribution in [0, 0.1) is 0 Å². The quantitative estimate of drug-likeness (QED) is 0.422. The molecule has 1 amide bonds. The van der Waals surface area contributed by atoms with Crippen molar-refractivity contribution in [3.63, 3.8) is 0 Å². The average Bonchev–Trinajstić information content (AvgIpc) is 2.52. The first-order chi connectivity index (χ1) is 5.77. The molecule has 0 radical (unpaired) electrons. The van der Waals surface area contributed by atoms with Gasteiger partial charge in [0.05, 0.1) is 5.56 Å². The van der Waals surface area contributed by atoms with Gasteiger partial charge in [0.1, 0.15) is 0 Å². The molecule has 1 rings (SSSR count). The van der Waals surface area contributed by atoms with E-state index in [1.807, 2.05) is 11.4 Å². The lowest BCUT2D eigenvalue weighted by Crippen LogP contribution is -2.29. The second-order valence-corrected chi connectivity index (χ2v) is 3.52. The minimum absolute atomic E-state index is 0.214. The van der Waals surface area contributed by atoms with Crippen LogP contribution in [-0.2, 0) is 6.42 Å². The van der Waals surface area contributed by atoms with Crippen molar-refractivity contribution < 1.29 is 4.79 Å². The molecule has 0 bridgehead atoms. The molecule has 1 heterocycles. The smallest absolute Gasteiger partial charge is 0.266 e. The normalized spacial score (nSPS) is 9.83. The average molecular weight is 184 g/mol. The standard InChI is InChI=1S/C8H12N2OS/c1-2-3-7-4-6(5-12-7)8(11)10-9/h4-5H,2-3,9H2,1H3,(H,10,11). The molecule has 1 aromatic rings. The highest BCUT2D eigenvalue weighted by Gasteiger charge is 2.05. The van der Waals surface area contributed by atoms with Crippen molar-refractivity contribution in [2.45, 2.75) is 19.8 Å². The van der Waals surface area contributed by atoms with Crippen LogP contribution in [0.15, 0.2) is 11.4 Å². The van der Waals surface area contributed by atoms with E-state index in [1.54, 1.807) is 11.3 Å². The van der Waals surface area contributed by atoms with Gasteiger partial charge >= 0.3 is 0 Å². The zero-order chi connectivity index (χ0) is 8.97. The number of thiophene rings is 1. The van der Waals surface area contributed by atoms with Crippen LogP contribution in [0.1, 0.15) is 28.6 Å². The second kappa shape index (κ2) is 4.23. The summed E-state index contributed by atoms with van der Waals surface area (Å²) in [5.74, 6) is 4.78. The molecular weight excluding hydrogens is 172 g/mol. The third-order valence-electron chi connectivity index (χ3n) is 1.54. The number of rotatable bonds is 3. The van der Waals surface area contributed by atoms with E-state index in [2.05, 4.69) is 12.3 Å². The highest BCUT2D eigenvalue weighted by Crippen LogP contribution is 2.15. The van der Waals surface area contributed by atoms with E-state index < -0.39 is 0 Å². The van der Waals surface area contributed by atoms with Gasteiger partial charge in [-0.3, -0.25) is 10.2 Å². The number of aryl methyl sites for hydroxylation is 1. The summed E-state index contributed by atoms with van der Waals surface area (Å²) in [5, 5.41) is 1.83. The molecule has 0 aromatic carbocycles. The lowest BCUT2D eigenvalue weighted by molar-refractivity contribution is 0.0954. The Hall–Kier alpha value is -0.870. The van der Waals surface area contributed by atoms with Gasteiger partial charge in [-0.2, -0.15) is 0 Å². The number of nitrogen functional groups attached to an aromatic ring is 1. The molecule has 0 atom stereocenters. The molecule has 0 aliphatic rings. The Labute approximate surface area is 75.6 Å². The van der Waals surface area contributed by atoms with E-state index in [1.165, 1.54) is 4.88 Å². The van der Waals surface area contributed by atoms with E-state index in [9.17, 15) is 4.79 Å². The summed E-state index contributed by atoms with van der Waals surface area (Å²) in [5.41, 5.74) is 2.76. The van der Waals surface area contributed by atoms with Gasteiger partial charge in [-0.25, -0.2) is 5.84 Å². The van der Waals surface area contributed by atoms with Gasteiger partial charge in [-0.1, -0.05) is 13.3 Å². The van der Waals surface area contributed by atoms with E-state index in [-0.39, 0.29) is 5.91 Å². The van der Waals surface area contributed by atoms with Crippen molar-refractivity contribution >= 4 is 17.2 Å². The highest BCUT2D eigenvalue weighted by atomic mass is 32.1. The maximum atomic E-state index is 11.0. The second-order valence-electron chi connectivity index (χ2n) is 2.53. The first-order valence-corrected chi connectivity index (χ1v) is 4.74. The molecule has 3 N–H and O–H groups in total. The van der Waals surface area contributed by atoms with Gasteiger partial charge in [0.2, 0.25) is 0 Å². The number of carbonyl (C=O) groups excluding carboxylic acids is 1. The maximum absolute atomic E-state index is 11.0. The monoisotopic (exact) mass is 184 g/mol. The third kappa shape index (κ3) is 2.06. The largest absolute Gasteiger partial charge is 0.290 e. The van der Waals surface area contributed by atoms with Crippen LogP contribution < -0.4 is 11.3 Å². The lowest BCUT2D eigenvalue weighted by Gasteiger charge is -1.92. The predicted octanol–water partition coefficient (Wildman–Crippen LogP) is 1.30. The van der Waals surface area contributed by atoms with Gasteiger partial charge in [0, 0.05) is 10.3 Å². The van der Waals surface area contributed by atoms with Crippen LogP contribution >= 0.6 is 11.3 Å². The highest BCUT2D eigenvalue weighted by molar-refractivity contribution is 7.10. The summed E-state index contributed by atoms with van der Waals surface area (Å²) in [6.45, 7) is 2.11. The van der Waals surface area contributed by atoms with Gasteiger partial charge in [-0.05, 0) is 12.5 Å². The molecule has 0 saturated heterocycles. The van der Waals surface area contributed by atoms with Crippen LogP contribution in [0.3, 0.4) is 0 Å². The third-order valence-corrected chi connectivity index (χ3v) is 2.54. The van der Waals surface area contributed by atoms with E-state index in [0.717, 1.165) is 12.8 Å². The summed E-state index contributed by atoms with van der Waals surface area (Å²) in [6, 6.07) is 1.89. The Balaban J connectivity index is 2.70. The maximum Gasteiger partial charge on any atom is 0.266 e. The van der Waals surface area contributed by atoms with Crippen LogP contribution in [0.4, 0.5) is 0 Å². The Morgan fingerprint density at radius 1 is 1.75 bits per heavy atom. The summed E-state index contributed by atoms with van der Waals surface area (Å²) in [4.78, 5) is 12.2. The van der Waals surface area contributed by atoms with Crippen molar-refractivity contribution in [3.8, 4) is 0 Å². The number of hydrazine groups is 1. The zero-order valence-corrected chi connectivity index (χ0v) is 7.78. The fraction of sp³-hybridized carbons (Fsp3) is 0.375. The van der Waals surface area contributed by atoms with Crippen LogP contribution in [0.2, 0.25) is 0 Å². The number of hydrogen-bond donors (Lipinski definition) is 2. The zero-order valence-electron chi connectivity index (χ0n) is 6.96. The number of nitrogens with one attached hydrogen (secondary N) is 1. The molecule has 3 nitrogen and oxygen atoms in total. The summed E-state index contributed by atoms with van der Waals surface area (Å²) in [6.07, 6.45) is 2.13. The molecule has 0 fully saturated rings. The molecule has 12 heavy (non-hydrogen) atoms. The fourth-order valence-corrected chi connectivity index (χ4v) is 1.93. The molecule has 0 aliphatic carbocycles. The van der Waals surface area contributed by atoms with Crippen LogP contribution in [-0.4, -0.2) is 5.91 Å². The van der Waals surface area contributed by atoms with Crippen molar-refractivity contribution in [2.24, 2.45) is 5.84 Å². The van der Waals surface area contributed by atoms with Crippen LogP contribution in [0.5, 0.6) is 0 Å². The van der Waals surface area contributed by atoms with Gasteiger partial charge < -0.3 is 0 Å². The SMILES string of the molecule is CCCc1cc(C(=O)NN)cs1. The Kier molecular flexibility index (Phi) is 3.25. The lowest BCUT2D eigenvalue weighted by atomic mass is 10.2. The number of nitrogens with two attached hydrogens (primary N) is 1. The van der Waals surface area contributed by atoms with Crippen molar-refractivity contribution in [1.29, 1.82) is 0 Å². The topological polar surface area (TPSA) is 55.1 Å². The van der Waals surface area contributed by atoms with E-state index in [0.29, 0.717) is 5.56 Å². The molecule has 0 saturated carbocycles. The minimum Gasteiger partial charge on any atom is -0.290 e. The Morgan fingerprint density at radius 2 is 2.50 bits per heavy atom. The van der Waals surface area contributed by atoms with Crippen LogP contribution in [0.25, 0.3) is 0 Å². The van der Waals surface area contributed by atoms with Gasteiger partial charge in [-0.15, -0.1) is 11.3 Å². The fourth-order valence-electron chi connectivity index (χ4n) is 0.961. The van der Waals surface area contributed by atoms with E-state index in [4.69, 9.17) is 5.84 Å². The van der Waals surface area contributed by atoms with Gasteiger partial charge in [0.15, 0.2) is 0 Å². The summed E-state index contributed by atoms with van der Waals surface area (Å²) >= 11 is 1.60. The molecule has 4 heteroatoms. The predicted molar refractivity (Wildman–Crippen MR) is 50.0 cm³/mol. The van der Waals surface area contributed by atoms with Gasteiger partial charge in [0.25, 0.3) is 5.91 Å². The molecule has 0 aliphatic heterocycles. The molecule has 1 aromatic heterocycles. The molecular formula is C8H12N2OS.